The molecule has 11 atom stereocenters. The molecule has 2 saturated heterocycles. The summed E-state index contributed by atoms with van der Waals surface area (Å²) in [5, 5.41) is 81.5. The van der Waals surface area contributed by atoms with Gasteiger partial charge in [0.1, 0.15) is 77.4 Å². The number of hydrogen-bond donors (Lipinski definition) is 8. The molecule has 0 radical (unpaired) electrons. The molecule has 224 valence electrons. The maximum atomic E-state index is 12.8. The SMILES string of the molecule is C[C@H]1O[C@@H](OC[C@H]2O[C@@H](Oc3cc(O)c4c(c3)O[C@H](c3ccc(O)cc3)CC4=O)[C@@H](O)[C@H](O)[C@@H]2O)[C@@H](O)[C@H](O)[C@H]1O. The largest absolute Gasteiger partial charge is 0.508 e. The minimum atomic E-state index is -1.76. The van der Waals surface area contributed by atoms with Crippen molar-refractivity contribution < 1.29 is 69.3 Å². The predicted molar refractivity (Wildman–Crippen MR) is 134 cm³/mol. The van der Waals surface area contributed by atoms with Crippen LogP contribution in [0.2, 0.25) is 0 Å². The molecule has 0 unspecified atom stereocenters. The maximum Gasteiger partial charge on any atom is 0.229 e. The standard InChI is InChI=1S/C27H32O14/c1-10-20(31)22(33)24(35)26(38-10)37-9-18-21(32)23(34)25(36)27(41-18)39-13-6-14(29)19-15(30)8-16(40-17(19)7-13)11-2-4-12(28)5-3-11/h2-7,10,16,18,20-29,31-36H,8-9H2,1H3/t10-,16+,18-,20+,21-,22-,23-,24+,25+,26-,27-/m1/s1. The van der Waals surface area contributed by atoms with Crippen molar-refractivity contribution in [2.75, 3.05) is 6.61 Å². The zero-order valence-corrected chi connectivity index (χ0v) is 21.8. The molecule has 0 spiro atoms. The number of aliphatic hydroxyl groups is 6. The molecular formula is C27H32O14. The summed E-state index contributed by atoms with van der Waals surface area (Å²) in [7, 11) is 0. The number of benzene rings is 2. The van der Waals surface area contributed by atoms with E-state index in [9.17, 15) is 45.6 Å². The highest BCUT2D eigenvalue weighted by Crippen LogP contribution is 2.42. The highest BCUT2D eigenvalue weighted by molar-refractivity contribution is 6.02. The quantitative estimate of drug-likeness (QED) is 0.202. The predicted octanol–water partition coefficient (Wildman–Crippen LogP) is -1.17. The van der Waals surface area contributed by atoms with E-state index in [1.165, 1.54) is 25.1 Å². The van der Waals surface area contributed by atoms with Crippen LogP contribution in [0.5, 0.6) is 23.0 Å². The van der Waals surface area contributed by atoms with Gasteiger partial charge in [-0.1, -0.05) is 12.1 Å². The number of ketones is 1. The molecule has 2 fully saturated rings. The molecule has 3 aliphatic heterocycles. The van der Waals surface area contributed by atoms with E-state index in [2.05, 4.69) is 0 Å². The van der Waals surface area contributed by atoms with Gasteiger partial charge >= 0.3 is 0 Å². The van der Waals surface area contributed by atoms with Crippen molar-refractivity contribution in [2.24, 2.45) is 0 Å². The van der Waals surface area contributed by atoms with Crippen LogP contribution in [0, 0.1) is 0 Å². The lowest BCUT2D eigenvalue weighted by Crippen LogP contribution is -2.61. The molecular weight excluding hydrogens is 548 g/mol. The van der Waals surface area contributed by atoms with Crippen LogP contribution in [0.3, 0.4) is 0 Å². The van der Waals surface area contributed by atoms with Crippen molar-refractivity contribution in [3.8, 4) is 23.0 Å². The van der Waals surface area contributed by atoms with Gasteiger partial charge in [0.15, 0.2) is 12.1 Å². The summed E-state index contributed by atoms with van der Waals surface area (Å²) >= 11 is 0. The summed E-state index contributed by atoms with van der Waals surface area (Å²) in [6.07, 6.45) is -15.6. The van der Waals surface area contributed by atoms with Gasteiger partial charge in [0, 0.05) is 12.1 Å². The lowest BCUT2D eigenvalue weighted by Gasteiger charge is -2.42. The van der Waals surface area contributed by atoms with E-state index >= 15 is 0 Å². The van der Waals surface area contributed by atoms with E-state index in [0.717, 1.165) is 6.07 Å². The number of carbonyl (C=O) groups is 1. The van der Waals surface area contributed by atoms with Gasteiger partial charge in [-0.15, -0.1) is 0 Å². The van der Waals surface area contributed by atoms with Gasteiger partial charge in [-0.2, -0.15) is 0 Å². The van der Waals surface area contributed by atoms with Crippen LogP contribution in [0.15, 0.2) is 36.4 Å². The molecule has 0 bridgehead atoms. The Morgan fingerprint density at radius 3 is 2.20 bits per heavy atom. The zero-order valence-electron chi connectivity index (χ0n) is 21.8. The fourth-order valence-corrected chi connectivity index (χ4v) is 4.98. The molecule has 3 heterocycles. The molecule has 0 amide bonds. The number of rotatable bonds is 6. The van der Waals surface area contributed by atoms with Gasteiger partial charge in [0.2, 0.25) is 6.29 Å². The summed E-state index contributed by atoms with van der Waals surface area (Å²) in [4.78, 5) is 12.8. The second kappa shape index (κ2) is 11.7. The van der Waals surface area contributed by atoms with Crippen molar-refractivity contribution in [3.63, 3.8) is 0 Å². The molecule has 8 N–H and O–H groups in total. The molecule has 14 heteroatoms. The number of Topliss-reactive ketones (excluding diaryl/α,β-unsaturated/α-hetero) is 1. The van der Waals surface area contributed by atoms with Crippen LogP contribution in [0.1, 0.15) is 35.4 Å². The van der Waals surface area contributed by atoms with Crippen LogP contribution in [-0.4, -0.2) is 115 Å². The van der Waals surface area contributed by atoms with E-state index in [-0.39, 0.29) is 29.2 Å². The van der Waals surface area contributed by atoms with Crippen LogP contribution >= 0.6 is 0 Å². The normalized spacial score (nSPS) is 37.2. The summed E-state index contributed by atoms with van der Waals surface area (Å²) in [6.45, 7) is 0.980. The van der Waals surface area contributed by atoms with E-state index in [0.29, 0.717) is 5.56 Å². The number of aliphatic hydroxyl groups excluding tert-OH is 6. The highest BCUT2D eigenvalue weighted by atomic mass is 16.7. The minimum absolute atomic E-state index is 0.00149. The summed E-state index contributed by atoms with van der Waals surface area (Å²) in [5.74, 6) is -0.893. The molecule has 5 rings (SSSR count). The number of hydrogen-bond acceptors (Lipinski definition) is 14. The van der Waals surface area contributed by atoms with Crippen LogP contribution < -0.4 is 9.47 Å². The van der Waals surface area contributed by atoms with Gasteiger partial charge in [0.25, 0.3) is 0 Å². The number of phenolic OH excluding ortho intramolecular Hbond substituents is 2. The van der Waals surface area contributed by atoms with Crippen molar-refractivity contribution in [3.05, 3.63) is 47.5 Å². The average Bonchev–Trinajstić information content (AvgIpc) is 2.94. The van der Waals surface area contributed by atoms with Crippen LogP contribution in [0.25, 0.3) is 0 Å². The third kappa shape index (κ3) is 5.83. The van der Waals surface area contributed by atoms with E-state index in [1.54, 1.807) is 12.1 Å². The highest BCUT2D eigenvalue weighted by Gasteiger charge is 2.47. The Kier molecular flexibility index (Phi) is 8.39. The first kappa shape index (κ1) is 29.4. The Balaban J connectivity index is 1.30. The first-order chi connectivity index (χ1) is 19.4. The summed E-state index contributed by atoms with van der Waals surface area (Å²) in [5.41, 5.74) is 0.550. The Morgan fingerprint density at radius 2 is 1.49 bits per heavy atom. The molecule has 0 aromatic heterocycles. The first-order valence-electron chi connectivity index (χ1n) is 13.0. The smallest absolute Gasteiger partial charge is 0.229 e. The third-order valence-electron chi connectivity index (χ3n) is 7.39. The Hall–Kier alpha value is -3.05. The molecule has 0 aliphatic carbocycles. The van der Waals surface area contributed by atoms with Crippen molar-refractivity contribution >= 4 is 5.78 Å². The van der Waals surface area contributed by atoms with E-state index in [1.807, 2.05) is 0 Å². The maximum absolute atomic E-state index is 12.8. The minimum Gasteiger partial charge on any atom is -0.508 e. The number of aromatic hydroxyl groups is 2. The molecule has 3 aliphatic rings. The lowest BCUT2D eigenvalue weighted by atomic mass is 9.95. The first-order valence-corrected chi connectivity index (χ1v) is 13.0. The fourth-order valence-electron chi connectivity index (χ4n) is 4.98. The zero-order chi connectivity index (χ0) is 29.6. The van der Waals surface area contributed by atoms with Crippen LogP contribution in [-0.2, 0) is 14.2 Å². The molecule has 2 aromatic carbocycles. The van der Waals surface area contributed by atoms with Crippen LogP contribution in [0.4, 0.5) is 0 Å². The number of ether oxygens (including phenoxy) is 5. The molecule has 0 saturated carbocycles. The van der Waals surface area contributed by atoms with Crippen molar-refractivity contribution in [2.45, 2.75) is 80.9 Å². The Labute approximate surface area is 233 Å². The second-order valence-electron chi connectivity index (χ2n) is 10.3. The molecule has 2 aromatic rings. The fraction of sp³-hybridized carbons (Fsp3) is 0.519. The van der Waals surface area contributed by atoms with Crippen molar-refractivity contribution in [1.29, 1.82) is 0 Å². The summed E-state index contributed by atoms with van der Waals surface area (Å²) < 4.78 is 28.0. The summed E-state index contributed by atoms with van der Waals surface area (Å²) in [6, 6.07) is 8.51. The monoisotopic (exact) mass is 580 g/mol. The van der Waals surface area contributed by atoms with Gasteiger partial charge in [-0.05, 0) is 24.6 Å². The Morgan fingerprint density at radius 1 is 0.829 bits per heavy atom. The third-order valence-corrected chi connectivity index (χ3v) is 7.39. The number of fused-ring (bicyclic) bond motifs is 1. The lowest BCUT2D eigenvalue weighted by molar-refractivity contribution is -0.318. The average molecular weight is 581 g/mol. The topological polar surface area (TPSA) is 225 Å². The van der Waals surface area contributed by atoms with Crippen molar-refractivity contribution in [1.82, 2.24) is 0 Å². The van der Waals surface area contributed by atoms with Gasteiger partial charge in [0.05, 0.1) is 19.1 Å². The second-order valence-corrected chi connectivity index (χ2v) is 10.3. The molecule has 41 heavy (non-hydrogen) atoms. The van der Waals surface area contributed by atoms with Gasteiger partial charge in [-0.3, -0.25) is 4.79 Å². The number of phenols is 2. The van der Waals surface area contributed by atoms with Gasteiger partial charge in [-0.25, -0.2) is 0 Å². The Bertz CT molecular complexity index is 1240. The van der Waals surface area contributed by atoms with E-state index < -0.39 is 85.7 Å². The van der Waals surface area contributed by atoms with E-state index in [4.69, 9.17) is 23.7 Å². The van der Waals surface area contributed by atoms with Gasteiger partial charge < -0.3 is 64.5 Å². The number of carbonyl (C=O) groups excluding carboxylic acids is 1. The molecule has 14 nitrogen and oxygen atoms in total.